The maximum atomic E-state index is 14.3. The zero-order chi connectivity index (χ0) is 27.6. The van der Waals surface area contributed by atoms with Gasteiger partial charge in [-0.2, -0.15) is 17.5 Å². The van der Waals surface area contributed by atoms with Crippen molar-refractivity contribution in [3.8, 4) is 0 Å². The lowest BCUT2D eigenvalue weighted by Gasteiger charge is -2.38. The van der Waals surface area contributed by atoms with E-state index < -0.39 is 27.2 Å². The predicted molar refractivity (Wildman–Crippen MR) is 140 cm³/mol. The summed E-state index contributed by atoms with van der Waals surface area (Å²) in [7, 11) is -3.27. The van der Waals surface area contributed by atoms with Gasteiger partial charge in [0.15, 0.2) is 0 Å². The van der Waals surface area contributed by atoms with Crippen LogP contribution < -0.4 is 4.90 Å². The fourth-order valence-corrected chi connectivity index (χ4v) is 5.98. The van der Waals surface area contributed by atoms with Crippen LogP contribution in [0.5, 0.6) is 0 Å². The van der Waals surface area contributed by atoms with E-state index in [0.29, 0.717) is 43.0 Å². The quantitative estimate of drug-likeness (QED) is 0.264. The Bertz CT molecular complexity index is 1400. The molecule has 11 heteroatoms. The molecule has 1 saturated heterocycles. The Kier molecular flexibility index (Phi) is 7.80. The molecule has 0 spiro atoms. The van der Waals surface area contributed by atoms with Gasteiger partial charge in [-0.3, -0.25) is 4.98 Å². The van der Waals surface area contributed by atoms with Crippen molar-refractivity contribution >= 4 is 21.9 Å². The molecule has 3 aromatic rings. The van der Waals surface area contributed by atoms with Crippen LogP contribution in [-0.4, -0.2) is 61.6 Å². The topological polar surface area (TPSA) is 86.1 Å². The van der Waals surface area contributed by atoms with Crippen molar-refractivity contribution in [2.24, 2.45) is 5.16 Å². The molecule has 2 heterocycles. The van der Waals surface area contributed by atoms with Crippen molar-refractivity contribution in [1.82, 2.24) is 9.29 Å². The van der Waals surface area contributed by atoms with Crippen LogP contribution in [0.15, 0.2) is 72.0 Å². The lowest BCUT2D eigenvalue weighted by Crippen LogP contribution is -2.48. The molecule has 202 valence electrons. The van der Waals surface area contributed by atoms with Crippen LogP contribution in [0, 0.1) is 6.92 Å². The fourth-order valence-electron chi connectivity index (χ4n) is 5.15. The molecule has 0 aliphatic carbocycles. The lowest BCUT2D eigenvalue weighted by atomic mass is 9.66. The highest BCUT2D eigenvalue weighted by atomic mass is 32.2. The highest BCUT2D eigenvalue weighted by molar-refractivity contribution is 7.88. The van der Waals surface area contributed by atoms with Crippen LogP contribution in [0.25, 0.3) is 0 Å². The Balaban J connectivity index is 1.85. The molecule has 0 saturated carbocycles. The molecule has 1 aliphatic heterocycles. The summed E-state index contributed by atoms with van der Waals surface area (Å²) in [5.41, 5.74) is 0.558. The molecule has 1 unspecified atom stereocenters. The number of piperazine rings is 1. The zero-order valence-electron chi connectivity index (χ0n) is 21.1. The van der Waals surface area contributed by atoms with E-state index in [0.717, 1.165) is 11.8 Å². The second-order valence-electron chi connectivity index (χ2n) is 9.33. The summed E-state index contributed by atoms with van der Waals surface area (Å²) in [6, 6.07) is 16.1. The van der Waals surface area contributed by atoms with E-state index >= 15 is 0 Å². The number of hydrogen-bond acceptors (Lipinski definition) is 6. The number of sulfonamides is 1. The number of anilines is 1. The summed E-state index contributed by atoms with van der Waals surface area (Å²) in [5, 5.41) is 12.5. The number of halogens is 3. The highest BCUT2D eigenvalue weighted by Crippen LogP contribution is 2.47. The molecular weight excluding hydrogens is 517 g/mol. The van der Waals surface area contributed by atoms with Gasteiger partial charge >= 0.3 is 6.18 Å². The summed E-state index contributed by atoms with van der Waals surface area (Å²) in [5.74, 6) is 0. The summed E-state index contributed by atoms with van der Waals surface area (Å²) in [6.45, 7) is 3.47. The first-order valence-electron chi connectivity index (χ1n) is 12.0. The van der Waals surface area contributed by atoms with Crippen molar-refractivity contribution in [2.45, 2.75) is 24.9 Å². The molecule has 38 heavy (non-hydrogen) atoms. The Morgan fingerprint density at radius 1 is 0.974 bits per heavy atom. The molecule has 4 rings (SSSR count). The van der Waals surface area contributed by atoms with E-state index in [4.69, 9.17) is 0 Å². The van der Waals surface area contributed by atoms with Gasteiger partial charge in [0.1, 0.15) is 0 Å². The van der Waals surface area contributed by atoms with Gasteiger partial charge in [-0.1, -0.05) is 30.3 Å². The van der Waals surface area contributed by atoms with E-state index in [1.807, 2.05) is 17.0 Å². The van der Waals surface area contributed by atoms with Crippen molar-refractivity contribution in [2.75, 3.05) is 37.3 Å². The number of hydrogen-bond donors (Lipinski definition) is 1. The van der Waals surface area contributed by atoms with Crippen LogP contribution in [0.1, 0.15) is 34.4 Å². The van der Waals surface area contributed by atoms with Crippen molar-refractivity contribution < 1.29 is 26.8 Å². The minimum atomic E-state index is -4.61. The second kappa shape index (κ2) is 10.7. The lowest BCUT2D eigenvalue weighted by molar-refractivity contribution is -0.138. The second-order valence-corrected chi connectivity index (χ2v) is 11.3. The van der Waals surface area contributed by atoms with Crippen LogP contribution >= 0.6 is 0 Å². The van der Waals surface area contributed by atoms with E-state index in [1.54, 1.807) is 43.5 Å². The molecule has 2 aromatic carbocycles. The molecule has 0 radical (unpaired) electrons. The van der Waals surface area contributed by atoms with Gasteiger partial charge < -0.3 is 10.1 Å². The number of rotatable bonds is 7. The Morgan fingerprint density at radius 2 is 1.61 bits per heavy atom. The summed E-state index contributed by atoms with van der Waals surface area (Å²) in [6.07, 6.45) is -0.694. The SMILES string of the molecule is Cc1cc(C(C/C=N/O)(c2ccc(N3CCN(S(C)(=O)=O)CC3)cc2)c2ccccc2C(F)(F)F)ccn1. The predicted octanol–water partition coefficient (Wildman–Crippen LogP) is 4.67. The van der Waals surface area contributed by atoms with E-state index in [-0.39, 0.29) is 12.0 Å². The number of alkyl halides is 3. The third-order valence-corrected chi connectivity index (χ3v) is 8.30. The van der Waals surface area contributed by atoms with E-state index in [2.05, 4.69) is 10.1 Å². The number of oxime groups is 1. The Labute approximate surface area is 220 Å². The average Bonchev–Trinajstić information content (AvgIpc) is 2.89. The first-order valence-corrected chi connectivity index (χ1v) is 13.9. The first kappa shape index (κ1) is 27.6. The monoisotopic (exact) mass is 546 g/mol. The van der Waals surface area contributed by atoms with Gasteiger partial charge in [0.05, 0.1) is 17.2 Å². The van der Waals surface area contributed by atoms with Gasteiger partial charge in [0.25, 0.3) is 0 Å². The summed E-state index contributed by atoms with van der Waals surface area (Å²) < 4.78 is 68.0. The normalized spacial score (nSPS) is 17.0. The molecule has 1 aliphatic rings. The van der Waals surface area contributed by atoms with Gasteiger partial charge in [-0.15, -0.1) is 5.16 Å². The standard InChI is InChI=1S/C27H29F3N4O3S/c1-20-19-22(11-13-31-20)26(12-14-32-35,24-5-3-4-6-25(24)27(28,29)30)21-7-9-23(10-8-21)33-15-17-34(18-16-33)38(2,36)37/h3-11,13-14,19,35H,12,15-18H2,1-2H3/b32-14+. The largest absolute Gasteiger partial charge is 0.416 e. The molecular formula is C27H29F3N4O3S. The van der Waals surface area contributed by atoms with Crippen LogP contribution in [-0.2, 0) is 21.6 Å². The zero-order valence-corrected chi connectivity index (χ0v) is 21.9. The number of aryl methyl sites for hydroxylation is 1. The minimum absolute atomic E-state index is 0.0347. The third-order valence-electron chi connectivity index (χ3n) is 6.99. The number of benzene rings is 2. The maximum Gasteiger partial charge on any atom is 0.416 e. The van der Waals surface area contributed by atoms with Gasteiger partial charge in [-0.25, -0.2) is 8.42 Å². The molecule has 0 amide bonds. The van der Waals surface area contributed by atoms with Crippen LogP contribution in [0.4, 0.5) is 18.9 Å². The van der Waals surface area contributed by atoms with Crippen molar-refractivity contribution in [1.29, 1.82) is 0 Å². The molecule has 1 N–H and O–H groups in total. The summed E-state index contributed by atoms with van der Waals surface area (Å²) in [4.78, 5) is 6.28. The molecule has 1 fully saturated rings. The Hall–Kier alpha value is -3.44. The fraction of sp³-hybridized carbons (Fsp3) is 0.333. The highest BCUT2D eigenvalue weighted by Gasteiger charge is 2.43. The maximum absolute atomic E-state index is 14.3. The molecule has 7 nitrogen and oxygen atoms in total. The number of aromatic nitrogens is 1. The number of nitrogens with zero attached hydrogens (tertiary/aromatic N) is 4. The van der Waals surface area contributed by atoms with Gasteiger partial charge in [0, 0.05) is 56.4 Å². The molecule has 0 bridgehead atoms. The van der Waals surface area contributed by atoms with Crippen molar-refractivity contribution in [3.63, 3.8) is 0 Å². The minimum Gasteiger partial charge on any atom is -0.411 e. The van der Waals surface area contributed by atoms with E-state index in [9.17, 15) is 26.8 Å². The van der Waals surface area contributed by atoms with Gasteiger partial charge in [-0.05, 0) is 53.9 Å². The van der Waals surface area contributed by atoms with Crippen LogP contribution in [0.3, 0.4) is 0 Å². The number of pyridine rings is 1. The first-order chi connectivity index (χ1) is 18.0. The Morgan fingerprint density at radius 3 is 2.16 bits per heavy atom. The van der Waals surface area contributed by atoms with Crippen LogP contribution in [0.2, 0.25) is 0 Å². The van der Waals surface area contributed by atoms with Crippen molar-refractivity contribution in [3.05, 3.63) is 94.8 Å². The molecule has 1 aromatic heterocycles. The van der Waals surface area contributed by atoms with E-state index in [1.165, 1.54) is 28.9 Å². The van der Waals surface area contributed by atoms with Gasteiger partial charge in [0.2, 0.25) is 10.0 Å². The average molecular weight is 547 g/mol. The molecule has 1 atom stereocenters. The third kappa shape index (κ3) is 5.53. The smallest absolute Gasteiger partial charge is 0.411 e. The summed E-state index contributed by atoms with van der Waals surface area (Å²) >= 11 is 0.